The molecule has 0 aromatic carbocycles. The Balaban J connectivity index is 2.18. The van der Waals surface area contributed by atoms with E-state index in [0.29, 0.717) is 0 Å². The second kappa shape index (κ2) is 7.29. The molecule has 0 heterocycles. The van der Waals surface area contributed by atoms with Gasteiger partial charge in [0.2, 0.25) is 0 Å². The fourth-order valence-corrected chi connectivity index (χ4v) is 2.58. The quantitative estimate of drug-likeness (QED) is 0.683. The molecule has 16 heavy (non-hydrogen) atoms. The van der Waals surface area contributed by atoms with E-state index in [4.69, 9.17) is 0 Å². The van der Waals surface area contributed by atoms with E-state index in [9.17, 15) is 5.11 Å². The van der Waals surface area contributed by atoms with Crippen molar-refractivity contribution in [2.24, 2.45) is 5.92 Å². The average molecular weight is 227 g/mol. The predicted molar refractivity (Wildman–Crippen MR) is 69.6 cm³/mol. The molecule has 0 aliphatic heterocycles. The van der Waals surface area contributed by atoms with Crippen LogP contribution in [-0.2, 0) is 0 Å². The van der Waals surface area contributed by atoms with Crippen molar-refractivity contribution < 1.29 is 5.11 Å². The van der Waals surface area contributed by atoms with Crippen molar-refractivity contribution in [2.75, 3.05) is 13.1 Å². The Morgan fingerprint density at radius 1 is 1.06 bits per heavy atom. The van der Waals surface area contributed by atoms with Gasteiger partial charge in [-0.1, -0.05) is 39.5 Å². The molecule has 1 aliphatic carbocycles. The zero-order chi connectivity index (χ0) is 11.9. The van der Waals surface area contributed by atoms with Crippen LogP contribution in [0.1, 0.15) is 65.2 Å². The first-order chi connectivity index (χ1) is 7.70. The van der Waals surface area contributed by atoms with Crippen molar-refractivity contribution in [3.05, 3.63) is 0 Å². The predicted octanol–water partition coefficient (Wildman–Crippen LogP) is 3.10. The number of nitrogens with one attached hydrogen (secondary N) is 1. The molecule has 0 bridgehead atoms. The van der Waals surface area contributed by atoms with E-state index in [0.717, 1.165) is 31.8 Å². The van der Waals surface area contributed by atoms with Gasteiger partial charge in [0, 0.05) is 6.54 Å². The molecule has 2 N–H and O–H groups in total. The molecule has 2 heteroatoms. The maximum Gasteiger partial charge on any atom is 0.0766 e. The molecule has 0 atom stereocenters. The molecular weight excluding hydrogens is 198 g/mol. The van der Waals surface area contributed by atoms with Crippen molar-refractivity contribution >= 4 is 0 Å². The molecule has 0 radical (unpaired) electrons. The van der Waals surface area contributed by atoms with E-state index in [1.54, 1.807) is 0 Å². The minimum atomic E-state index is -0.481. The smallest absolute Gasteiger partial charge is 0.0766 e. The molecule has 1 fully saturated rings. The fourth-order valence-electron chi connectivity index (χ4n) is 2.58. The highest BCUT2D eigenvalue weighted by Gasteiger charge is 2.22. The normalized spacial score (nSPS) is 19.7. The van der Waals surface area contributed by atoms with E-state index < -0.39 is 5.60 Å². The summed E-state index contributed by atoms with van der Waals surface area (Å²) in [6.45, 7) is 5.99. The molecule has 2 nitrogen and oxygen atoms in total. The van der Waals surface area contributed by atoms with Crippen LogP contribution in [0.15, 0.2) is 0 Å². The summed E-state index contributed by atoms with van der Waals surface area (Å²) in [4.78, 5) is 0. The molecule has 0 spiro atoms. The largest absolute Gasteiger partial charge is 0.389 e. The van der Waals surface area contributed by atoms with Crippen molar-refractivity contribution in [3.8, 4) is 0 Å². The molecule has 96 valence electrons. The first-order valence-electron chi connectivity index (χ1n) is 7.13. The Morgan fingerprint density at radius 2 is 1.62 bits per heavy atom. The zero-order valence-corrected chi connectivity index (χ0v) is 11.1. The monoisotopic (exact) mass is 227 g/mol. The van der Waals surface area contributed by atoms with Crippen molar-refractivity contribution in [2.45, 2.75) is 70.8 Å². The third-order valence-corrected chi connectivity index (χ3v) is 4.18. The highest BCUT2D eigenvalue weighted by Crippen LogP contribution is 2.22. The molecule has 1 aliphatic rings. The van der Waals surface area contributed by atoms with Crippen LogP contribution in [0.3, 0.4) is 0 Å². The molecule has 0 aromatic rings. The lowest BCUT2D eigenvalue weighted by atomic mass is 9.96. The third-order valence-electron chi connectivity index (χ3n) is 4.18. The van der Waals surface area contributed by atoms with E-state index in [1.165, 1.54) is 38.5 Å². The molecule has 1 saturated carbocycles. The number of aliphatic hydroxyl groups is 1. The van der Waals surface area contributed by atoms with Gasteiger partial charge in [0.05, 0.1) is 5.60 Å². The van der Waals surface area contributed by atoms with E-state index in [1.807, 2.05) is 0 Å². The summed E-state index contributed by atoms with van der Waals surface area (Å²) in [7, 11) is 0. The first kappa shape index (κ1) is 14.0. The van der Waals surface area contributed by atoms with Crippen LogP contribution in [0.4, 0.5) is 0 Å². The Morgan fingerprint density at radius 3 is 2.12 bits per heavy atom. The van der Waals surface area contributed by atoms with Crippen molar-refractivity contribution in [3.63, 3.8) is 0 Å². The second-order valence-corrected chi connectivity index (χ2v) is 5.42. The van der Waals surface area contributed by atoms with Crippen LogP contribution in [0.5, 0.6) is 0 Å². The lowest BCUT2D eigenvalue weighted by Crippen LogP contribution is -2.41. The summed E-state index contributed by atoms with van der Waals surface area (Å²) < 4.78 is 0. The minimum Gasteiger partial charge on any atom is -0.389 e. The van der Waals surface area contributed by atoms with Gasteiger partial charge in [-0.3, -0.25) is 0 Å². The fraction of sp³-hybridized carbons (Fsp3) is 1.00. The minimum absolute atomic E-state index is 0.481. The first-order valence-corrected chi connectivity index (χ1v) is 7.13. The van der Waals surface area contributed by atoms with Gasteiger partial charge in [-0.05, 0) is 38.1 Å². The lowest BCUT2D eigenvalue weighted by Gasteiger charge is -2.26. The Kier molecular flexibility index (Phi) is 6.37. The van der Waals surface area contributed by atoms with Gasteiger partial charge >= 0.3 is 0 Å². The summed E-state index contributed by atoms with van der Waals surface area (Å²) >= 11 is 0. The van der Waals surface area contributed by atoms with E-state index in [-0.39, 0.29) is 0 Å². The number of hydrogen-bond acceptors (Lipinski definition) is 2. The Labute approximate surface area is 101 Å². The van der Waals surface area contributed by atoms with Gasteiger partial charge in [0.25, 0.3) is 0 Å². The van der Waals surface area contributed by atoms with Crippen LogP contribution in [0.2, 0.25) is 0 Å². The summed E-state index contributed by atoms with van der Waals surface area (Å²) in [6, 6.07) is 0. The summed E-state index contributed by atoms with van der Waals surface area (Å²) in [5.41, 5.74) is -0.481. The van der Waals surface area contributed by atoms with Crippen molar-refractivity contribution in [1.29, 1.82) is 0 Å². The van der Waals surface area contributed by atoms with E-state index >= 15 is 0 Å². The molecule has 1 rings (SSSR count). The Bertz CT molecular complexity index is 170. The summed E-state index contributed by atoms with van der Waals surface area (Å²) in [5.74, 6) is 0.848. The maximum absolute atomic E-state index is 10.2. The Hall–Kier alpha value is -0.0800. The highest BCUT2D eigenvalue weighted by molar-refractivity contribution is 4.78. The summed E-state index contributed by atoms with van der Waals surface area (Å²) in [6.07, 6.45) is 10.1. The maximum atomic E-state index is 10.2. The number of hydrogen-bond donors (Lipinski definition) is 2. The molecule has 0 amide bonds. The topological polar surface area (TPSA) is 32.3 Å². The van der Waals surface area contributed by atoms with Crippen LogP contribution < -0.4 is 5.32 Å². The van der Waals surface area contributed by atoms with Crippen LogP contribution >= 0.6 is 0 Å². The molecular formula is C14H29NO. The lowest BCUT2D eigenvalue weighted by molar-refractivity contribution is 0.0316. The molecule has 0 saturated heterocycles. The van der Waals surface area contributed by atoms with Gasteiger partial charge in [0.15, 0.2) is 0 Å². The highest BCUT2D eigenvalue weighted by atomic mass is 16.3. The summed E-state index contributed by atoms with van der Waals surface area (Å²) in [5, 5.41) is 13.6. The second-order valence-electron chi connectivity index (χ2n) is 5.42. The third kappa shape index (κ3) is 4.84. The van der Waals surface area contributed by atoms with Crippen LogP contribution in [0, 0.1) is 5.92 Å². The van der Waals surface area contributed by atoms with Crippen molar-refractivity contribution in [1.82, 2.24) is 5.32 Å². The standard InChI is InChI=1S/C14H29NO/c1-3-14(16,4-2)12-15-11-13-9-7-5-6-8-10-13/h13,15-16H,3-12H2,1-2H3. The molecule has 0 aromatic heterocycles. The SMILES string of the molecule is CCC(O)(CC)CNCC1CCCCCC1. The van der Waals surface area contributed by atoms with Gasteiger partial charge < -0.3 is 10.4 Å². The van der Waals surface area contributed by atoms with Crippen LogP contribution in [0.25, 0.3) is 0 Å². The van der Waals surface area contributed by atoms with Gasteiger partial charge in [-0.2, -0.15) is 0 Å². The van der Waals surface area contributed by atoms with Crippen LogP contribution in [-0.4, -0.2) is 23.8 Å². The van der Waals surface area contributed by atoms with E-state index in [2.05, 4.69) is 19.2 Å². The van der Waals surface area contributed by atoms with Gasteiger partial charge in [-0.15, -0.1) is 0 Å². The number of rotatable bonds is 6. The molecule has 0 unspecified atom stereocenters. The van der Waals surface area contributed by atoms with Gasteiger partial charge in [-0.25, -0.2) is 0 Å². The zero-order valence-electron chi connectivity index (χ0n) is 11.1. The van der Waals surface area contributed by atoms with Gasteiger partial charge in [0.1, 0.15) is 0 Å². The average Bonchev–Trinajstić information content (AvgIpc) is 2.57.